The van der Waals surface area contributed by atoms with Crippen molar-refractivity contribution in [1.82, 2.24) is 14.7 Å². The van der Waals surface area contributed by atoms with E-state index in [1.807, 2.05) is 30.3 Å². The summed E-state index contributed by atoms with van der Waals surface area (Å²) in [6.45, 7) is 2.05. The first kappa shape index (κ1) is 15.8. The first-order valence-electron chi connectivity index (χ1n) is 8.13. The fourth-order valence-corrected chi connectivity index (χ4v) is 2.88. The van der Waals surface area contributed by atoms with Crippen molar-refractivity contribution in [2.75, 3.05) is 5.32 Å². The van der Waals surface area contributed by atoms with Crippen LogP contribution in [0.5, 0.6) is 0 Å². The molecular formula is C20H16N4O2. The zero-order valence-corrected chi connectivity index (χ0v) is 14.0. The number of aromatic nitrogens is 3. The molecule has 6 heteroatoms. The molecule has 0 amide bonds. The highest BCUT2D eigenvalue weighted by Crippen LogP contribution is 2.26. The van der Waals surface area contributed by atoms with E-state index in [0.717, 1.165) is 16.8 Å². The molecule has 0 aliphatic carbocycles. The minimum Gasteiger partial charge on any atom is -0.422 e. The van der Waals surface area contributed by atoms with Crippen LogP contribution in [0.15, 0.2) is 71.7 Å². The van der Waals surface area contributed by atoms with Gasteiger partial charge in [-0.05, 0) is 42.3 Å². The fraction of sp³-hybridized carbons (Fsp3) is 0.0500. The number of fused-ring (bicyclic) bond motifs is 1. The van der Waals surface area contributed by atoms with Crippen molar-refractivity contribution in [1.29, 1.82) is 0 Å². The molecule has 0 unspecified atom stereocenters. The molecule has 128 valence electrons. The Hall–Kier alpha value is -3.67. The first-order chi connectivity index (χ1) is 12.6. The van der Waals surface area contributed by atoms with E-state index in [9.17, 15) is 10.0 Å². The number of aryl methyl sites for hydroxylation is 1. The summed E-state index contributed by atoms with van der Waals surface area (Å²) in [5, 5.41) is 13.5. The summed E-state index contributed by atoms with van der Waals surface area (Å²) in [4.78, 5) is 19.9. The van der Waals surface area contributed by atoms with Gasteiger partial charge in [-0.1, -0.05) is 42.0 Å². The predicted molar refractivity (Wildman–Crippen MR) is 101 cm³/mol. The Balaban J connectivity index is 1.77. The largest absolute Gasteiger partial charge is 0.422 e. The minimum atomic E-state index is -0.784. The number of rotatable bonds is 3. The Labute approximate surface area is 149 Å². The minimum absolute atomic E-state index is 0.157. The lowest BCUT2D eigenvalue weighted by Crippen LogP contribution is -2.23. The number of hydrogen-bond acceptors (Lipinski definition) is 5. The molecule has 2 N–H and O–H groups in total. The molecule has 2 aromatic carbocycles. The third-order valence-electron chi connectivity index (χ3n) is 4.11. The number of benzene rings is 2. The van der Waals surface area contributed by atoms with Gasteiger partial charge in [0.25, 0.3) is 0 Å². The molecule has 0 aliphatic heterocycles. The molecule has 2 aromatic heterocycles. The fourth-order valence-electron chi connectivity index (χ4n) is 2.88. The standard InChI is InChI=1S/C20H16N4O2/c1-13-5-2-6-14(11-13)15-7-3-8-16(12-15)22-18-17-9-4-10-21-19(17)24(26)20(25)23-18/h2-12,26H,1H3,(H,22,23,25). The van der Waals surface area contributed by atoms with Gasteiger partial charge in [0.05, 0.1) is 5.39 Å². The second kappa shape index (κ2) is 6.33. The maximum absolute atomic E-state index is 11.9. The number of pyridine rings is 1. The van der Waals surface area contributed by atoms with Crippen molar-refractivity contribution in [2.24, 2.45) is 0 Å². The summed E-state index contributed by atoms with van der Waals surface area (Å²) < 4.78 is 0.448. The molecule has 0 fully saturated rings. The number of hydrogen-bond donors (Lipinski definition) is 2. The van der Waals surface area contributed by atoms with Crippen LogP contribution < -0.4 is 11.0 Å². The Morgan fingerprint density at radius 3 is 2.58 bits per heavy atom. The maximum Gasteiger partial charge on any atom is 0.384 e. The van der Waals surface area contributed by atoms with E-state index >= 15 is 0 Å². The average Bonchev–Trinajstić information content (AvgIpc) is 2.66. The van der Waals surface area contributed by atoms with Crippen molar-refractivity contribution in [3.63, 3.8) is 0 Å². The predicted octanol–water partition coefficient (Wildman–Crippen LogP) is 3.75. The third kappa shape index (κ3) is 2.88. The lowest BCUT2D eigenvalue weighted by atomic mass is 10.0. The molecule has 26 heavy (non-hydrogen) atoms. The molecule has 0 radical (unpaired) electrons. The van der Waals surface area contributed by atoms with Crippen molar-refractivity contribution in [3.05, 3.63) is 82.9 Å². The van der Waals surface area contributed by atoms with Gasteiger partial charge < -0.3 is 10.5 Å². The quantitative estimate of drug-likeness (QED) is 0.553. The smallest absolute Gasteiger partial charge is 0.384 e. The van der Waals surface area contributed by atoms with Crippen LogP contribution in [0, 0.1) is 6.92 Å². The Morgan fingerprint density at radius 2 is 1.77 bits per heavy atom. The van der Waals surface area contributed by atoms with E-state index in [1.165, 1.54) is 11.8 Å². The Bertz CT molecular complexity index is 1170. The van der Waals surface area contributed by atoms with E-state index in [-0.39, 0.29) is 5.65 Å². The lowest BCUT2D eigenvalue weighted by Gasteiger charge is -2.11. The highest BCUT2D eigenvalue weighted by atomic mass is 16.5. The molecule has 2 heterocycles. The topological polar surface area (TPSA) is 80.0 Å². The first-order valence-corrected chi connectivity index (χ1v) is 8.13. The van der Waals surface area contributed by atoms with E-state index in [0.29, 0.717) is 15.9 Å². The van der Waals surface area contributed by atoms with E-state index in [1.54, 1.807) is 12.1 Å². The van der Waals surface area contributed by atoms with E-state index in [4.69, 9.17) is 0 Å². The van der Waals surface area contributed by atoms with Gasteiger partial charge in [-0.25, -0.2) is 9.78 Å². The summed E-state index contributed by atoms with van der Waals surface area (Å²) in [6.07, 6.45) is 1.51. The van der Waals surface area contributed by atoms with Crippen LogP contribution in [0.25, 0.3) is 22.2 Å². The van der Waals surface area contributed by atoms with Gasteiger partial charge in [0.15, 0.2) is 5.65 Å². The summed E-state index contributed by atoms with van der Waals surface area (Å²) in [6, 6.07) is 19.6. The Kier molecular flexibility index (Phi) is 3.85. The Morgan fingerprint density at radius 1 is 1.00 bits per heavy atom. The van der Waals surface area contributed by atoms with Crippen LogP contribution in [0.3, 0.4) is 0 Å². The van der Waals surface area contributed by atoms with Gasteiger partial charge >= 0.3 is 5.69 Å². The average molecular weight is 344 g/mol. The number of nitrogens with one attached hydrogen (secondary N) is 1. The normalized spacial score (nSPS) is 10.8. The molecule has 0 atom stereocenters. The second-order valence-electron chi connectivity index (χ2n) is 6.00. The van der Waals surface area contributed by atoms with Crippen molar-refractivity contribution in [2.45, 2.75) is 6.92 Å². The summed E-state index contributed by atoms with van der Waals surface area (Å²) in [5.41, 5.74) is 3.51. The van der Waals surface area contributed by atoms with Crippen LogP contribution in [0.2, 0.25) is 0 Å². The van der Waals surface area contributed by atoms with Gasteiger partial charge in [0, 0.05) is 11.9 Å². The highest BCUT2D eigenvalue weighted by molar-refractivity contribution is 5.88. The van der Waals surface area contributed by atoms with Crippen molar-refractivity contribution < 1.29 is 5.21 Å². The highest BCUT2D eigenvalue weighted by Gasteiger charge is 2.11. The third-order valence-corrected chi connectivity index (χ3v) is 4.11. The number of anilines is 2. The molecule has 0 saturated heterocycles. The van der Waals surface area contributed by atoms with Crippen LogP contribution in [0.4, 0.5) is 11.5 Å². The van der Waals surface area contributed by atoms with Crippen molar-refractivity contribution >= 4 is 22.5 Å². The van der Waals surface area contributed by atoms with Gasteiger partial charge in [-0.15, -0.1) is 4.73 Å². The lowest BCUT2D eigenvalue weighted by molar-refractivity contribution is 0.182. The van der Waals surface area contributed by atoms with Gasteiger partial charge in [0.2, 0.25) is 0 Å². The zero-order valence-electron chi connectivity index (χ0n) is 14.0. The monoisotopic (exact) mass is 344 g/mol. The number of nitrogens with zero attached hydrogens (tertiary/aromatic N) is 3. The van der Waals surface area contributed by atoms with Crippen molar-refractivity contribution in [3.8, 4) is 11.1 Å². The van der Waals surface area contributed by atoms with Gasteiger partial charge in [0.1, 0.15) is 5.82 Å². The van der Waals surface area contributed by atoms with E-state index in [2.05, 4.69) is 40.4 Å². The summed E-state index contributed by atoms with van der Waals surface area (Å²) in [5.74, 6) is 0.352. The molecule has 0 bridgehead atoms. The molecule has 0 spiro atoms. The molecule has 6 nitrogen and oxygen atoms in total. The van der Waals surface area contributed by atoms with Crippen LogP contribution in [-0.4, -0.2) is 19.9 Å². The maximum atomic E-state index is 11.9. The summed E-state index contributed by atoms with van der Waals surface area (Å²) >= 11 is 0. The van der Waals surface area contributed by atoms with Crippen LogP contribution in [0.1, 0.15) is 5.56 Å². The van der Waals surface area contributed by atoms with Gasteiger partial charge in [-0.3, -0.25) is 0 Å². The summed E-state index contributed by atoms with van der Waals surface area (Å²) in [7, 11) is 0. The molecule has 4 aromatic rings. The molecule has 4 rings (SSSR count). The van der Waals surface area contributed by atoms with E-state index < -0.39 is 5.69 Å². The van der Waals surface area contributed by atoms with Crippen LogP contribution in [-0.2, 0) is 0 Å². The molecular weight excluding hydrogens is 328 g/mol. The van der Waals surface area contributed by atoms with Gasteiger partial charge in [-0.2, -0.15) is 4.98 Å². The molecule has 0 saturated carbocycles. The zero-order chi connectivity index (χ0) is 18.1. The second-order valence-corrected chi connectivity index (χ2v) is 6.00. The molecule has 0 aliphatic rings. The van der Waals surface area contributed by atoms with Crippen LogP contribution >= 0.6 is 0 Å². The SMILES string of the molecule is Cc1cccc(-c2cccc(Nc3nc(=O)n(O)c4ncccc34)c2)c1.